The van der Waals surface area contributed by atoms with Gasteiger partial charge in [-0.1, -0.05) is 88.6 Å². The number of benzene rings is 3. The molecule has 10 heteroatoms. The van der Waals surface area contributed by atoms with Crippen molar-refractivity contribution in [1.29, 1.82) is 0 Å². The van der Waals surface area contributed by atoms with E-state index in [9.17, 15) is 9.59 Å². The molecule has 0 unspecified atom stereocenters. The van der Waals surface area contributed by atoms with Crippen LogP contribution in [0.3, 0.4) is 0 Å². The topological polar surface area (TPSA) is 84.0 Å². The summed E-state index contributed by atoms with van der Waals surface area (Å²) in [6.45, 7) is 0. The average Bonchev–Trinajstić information content (AvgIpc) is 3.27. The smallest absolute Gasteiger partial charge is 0.252 e. The second kappa shape index (κ2) is 11.0. The predicted octanol–water partition coefficient (Wildman–Crippen LogP) is 6.15. The van der Waals surface area contributed by atoms with Gasteiger partial charge in [0.15, 0.2) is 0 Å². The number of amides is 2. The molecule has 0 aliphatic heterocycles. The van der Waals surface area contributed by atoms with Crippen molar-refractivity contribution in [2.45, 2.75) is 12.5 Å². The molecule has 0 fully saturated rings. The third-order valence-corrected chi connectivity index (χ3v) is 6.35. The molecule has 3 aromatic carbocycles. The molecule has 0 saturated heterocycles. The zero-order valence-electron chi connectivity index (χ0n) is 17.5. The van der Waals surface area contributed by atoms with E-state index in [2.05, 4.69) is 20.8 Å². The Hall–Kier alpha value is -2.97. The van der Waals surface area contributed by atoms with E-state index in [1.54, 1.807) is 12.1 Å². The second-order valence-electron chi connectivity index (χ2n) is 7.28. The van der Waals surface area contributed by atoms with Crippen LogP contribution in [-0.2, 0) is 11.2 Å². The van der Waals surface area contributed by atoms with Crippen LogP contribution in [0, 0.1) is 0 Å². The van der Waals surface area contributed by atoms with Crippen molar-refractivity contribution in [3.8, 4) is 10.6 Å². The van der Waals surface area contributed by atoms with Crippen molar-refractivity contribution in [2.24, 2.45) is 0 Å². The van der Waals surface area contributed by atoms with Crippen LogP contribution in [0.2, 0.25) is 15.1 Å². The summed E-state index contributed by atoms with van der Waals surface area (Å²) < 4.78 is 0. The van der Waals surface area contributed by atoms with E-state index in [-0.39, 0.29) is 12.0 Å². The number of carbonyl (C=O) groups is 2. The maximum Gasteiger partial charge on any atom is 0.252 e. The molecule has 0 bridgehead atoms. The highest BCUT2D eigenvalue weighted by Crippen LogP contribution is 2.27. The van der Waals surface area contributed by atoms with Gasteiger partial charge in [0.1, 0.15) is 11.0 Å². The zero-order chi connectivity index (χ0) is 24.1. The molecule has 1 aromatic heterocycles. The molecule has 0 spiro atoms. The number of aromatic nitrogens is 2. The third kappa shape index (κ3) is 6.33. The first-order chi connectivity index (χ1) is 16.4. The van der Waals surface area contributed by atoms with Crippen molar-refractivity contribution in [1.82, 2.24) is 15.5 Å². The van der Waals surface area contributed by atoms with Crippen LogP contribution < -0.4 is 10.6 Å². The standard InChI is InChI=1S/C24H17Cl3N4O2S/c25-17-8-6-15(7-9-17)23-30-31-24(34-23)29-22(33)20(10-14-4-2-1-3-5-14)28-21(32)16-11-18(26)13-19(27)12-16/h1-9,11-13,20H,10H2,(H,28,32)(H,29,31,33)/t20-/m1/s1. The lowest BCUT2D eigenvalue weighted by atomic mass is 10.0. The average molecular weight is 532 g/mol. The maximum atomic E-state index is 13.2. The molecule has 0 saturated carbocycles. The summed E-state index contributed by atoms with van der Waals surface area (Å²) in [6, 6.07) is 20.2. The van der Waals surface area contributed by atoms with Gasteiger partial charge in [-0.05, 0) is 35.9 Å². The first-order valence-corrected chi connectivity index (χ1v) is 12.0. The molecule has 6 nitrogen and oxygen atoms in total. The van der Waals surface area contributed by atoms with Gasteiger partial charge in [0, 0.05) is 32.6 Å². The molecule has 2 amide bonds. The van der Waals surface area contributed by atoms with Gasteiger partial charge in [0.25, 0.3) is 5.91 Å². The fourth-order valence-electron chi connectivity index (χ4n) is 3.16. The summed E-state index contributed by atoms with van der Waals surface area (Å²) >= 11 is 19.2. The molecule has 172 valence electrons. The van der Waals surface area contributed by atoms with Crippen LogP contribution in [0.5, 0.6) is 0 Å². The lowest BCUT2D eigenvalue weighted by Gasteiger charge is -2.18. The van der Waals surface area contributed by atoms with Gasteiger partial charge in [0.05, 0.1) is 0 Å². The molecule has 4 aromatic rings. The number of carbonyl (C=O) groups excluding carboxylic acids is 2. The van der Waals surface area contributed by atoms with Gasteiger partial charge in [0.2, 0.25) is 11.0 Å². The summed E-state index contributed by atoms with van der Waals surface area (Å²) in [4.78, 5) is 26.0. The molecular weight excluding hydrogens is 515 g/mol. The highest BCUT2D eigenvalue weighted by atomic mass is 35.5. The first kappa shape index (κ1) is 24.2. The lowest BCUT2D eigenvalue weighted by Crippen LogP contribution is -2.45. The van der Waals surface area contributed by atoms with Crippen LogP contribution in [0.15, 0.2) is 72.8 Å². The minimum atomic E-state index is -0.879. The lowest BCUT2D eigenvalue weighted by molar-refractivity contribution is -0.118. The van der Waals surface area contributed by atoms with Crippen molar-refractivity contribution in [3.05, 3.63) is 99.0 Å². The SMILES string of the molecule is O=C(N[C@H](Cc1ccccc1)C(=O)Nc1nnc(-c2ccc(Cl)cc2)s1)c1cc(Cl)cc(Cl)c1. The monoisotopic (exact) mass is 530 g/mol. The Morgan fingerprint density at radius 3 is 2.21 bits per heavy atom. The maximum absolute atomic E-state index is 13.2. The fraction of sp³-hybridized carbons (Fsp3) is 0.0833. The van der Waals surface area contributed by atoms with E-state index in [1.165, 1.54) is 29.5 Å². The quantitative estimate of drug-likeness (QED) is 0.300. The van der Waals surface area contributed by atoms with E-state index in [4.69, 9.17) is 34.8 Å². The number of nitrogens with one attached hydrogen (secondary N) is 2. The molecular formula is C24H17Cl3N4O2S. The van der Waals surface area contributed by atoms with Crippen LogP contribution >= 0.6 is 46.1 Å². The van der Waals surface area contributed by atoms with E-state index < -0.39 is 17.9 Å². The molecule has 0 aliphatic rings. The Kier molecular flexibility index (Phi) is 7.80. The second-order valence-corrected chi connectivity index (χ2v) is 9.57. The Morgan fingerprint density at radius 2 is 1.53 bits per heavy atom. The minimum Gasteiger partial charge on any atom is -0.340 e. The number of nitrogens with zero attached hydrogens (tertiary/aromatic N) is 2. The van der Waals surface area contributed by atoms with Crippen molar-refractivity contribution >= 4 is 63.1 Å². The Bertz CT molecular complexity index is 1290. The van der Waals surface area contributed by atoms with Gasteiger partial charge in [-0.2, -0.15) is 0 Å². The van der Waals surface area contributed by atoms with Crippen molar-refractivity contribution in [3.63, 3.8) is 0 Å². The van der Waals surface area contributed by atoms with E-state index in [1.807, 2.05) is 42.5 Å². The Labute approximate surface area is 214 Å². The number of halogens is 3. The largest absolute Gasteiger partial charge is 0.340 e. The zero-order valence-corrected chi connectivity index (χ0v) is 20.6. The molecule has 4 rings (SSSR count). The molecule has 2 N–H and O–H groups in total. The molecule has 34 heavy (non-hydrogen) atoms. The summed E-state index contributed by atoms with van der Waals surface area (Å²) in [5, 5.41) is 15.9. The fourth-order valence-corrected chi connectivity index (χ4v) is 4.56. The Morgan fingerprint density at radius 1 is 0.853 bits per heavy atom. The molecule has 0 radical (unpaired) electrons. The first-order valence-electron chi connectivity index (χ1n) is 10.1. The van der Waals surface area contributed by atoms with Crippen molar-refractivity contribution in [2.75, 3.05) is 5.32 Å². The van der Waals surface area contributed by atoms with Gasteiger partial charge < -0.3 is 5.32 Å². The van der Waals surface area contributed by atoms with E-state index >= 15 is 0 Å². The van der Waals surface area contributed by atoms with Crippen LogP contribution in [-0.4, -0.2) is 28.1 Å². The predicted molar refractivity (Wildman–Crippen MR) is 137 cm³/mol. The minimum absolute atomic E-state index is 0.254. The Balaban J connectivity index is 1.53. The van der Waals surface area contributed by atoms with Gasteiger partial charge >= 0.3 is 0 Å². The summed E-state index contributed by atoms with van der Waals surface area (Å²) in [6.07, 6.45) is 0.273. The number of hydrogen-bond acceptors (Lipinski definition) is 5. The number of rotatable bonds is 7. The summed E-state index contributed by atoms with van der Waals surface area (Å²) in [5.41, 5.74) is 1.96. The van der Waals surface area contributed by atoms with Crippen LogP contribution in [0.4, 0.5) is 5.13 Å². The molecule has 1 heterocycles. The summed E-state index contributed by atoms with van der Waals surface area (Å²) in [5.74, 6) is -0.899. The van der Waals surface area contributed by atoms with Crippen molar-refractivity contribution < 1.29 is 9.59 Å². The molecule has 1 atom stereocenters. The number of anilines is 1. The van der Waals surface area contributed by atoms with Crippen LogP contribution in [0.1, 0.15) is 15.9 Å². The normalized spacial score (nSPS) is 11.6. The summed E-state index contributed by atoms with van der Waals surface area (Å²) in [7, 11) is 0. The van der Waals surface area contributed by atoms with Crippen LogP contribution in [0.25, 0.3) is 10.6 Å². The van der Waals surface area contributed by atoms with E-state index in [0.29, 0.717) is 25.2 Å². The van der Waals surface area contributed by atoms with Gasteiger partial charge in [-0.3, -0.25) is 14.9 Å². The van der Waals surface area contributed by atoms with Gasteiger partial charge in [-0.25, -0.2) is 0 Å². The van der Waals surface area contributed by atoms with E-state index in [0.717, 1.165) is 11.1 Å². The molecule has 0 aliphatic carbocycles. The highest BCUT2D eigenvalue weighted by Gasteiger charge is 2.24. The highest BCUT2D eigenvalue weighted by molar-refractivity contribution is 7.18. The van der Waals surface area contributed by atoms with Gasteiger partial charge in [-0.15, -0.1) is 10.2 Å². The third-order valence-electron chi connectivity index (χ3n) is 4.78. The number of hydrogen-bond donors (Lipinski definition) is 2.